The van der Waals surface area contributed by atoms with Gasteiger partial charge >= 0.3 is 0 Å². The molecule has 0 amide bonds. The van der Waals surface area contributed by atoms with Gasteiger partial charge in [-0.15, -0.1) is 0 Å². The van der Waals surface area contributed by atoms with Crippen LogP contribution in [0, 0.1) is 0 Å². The van der Waals surface area contributed by atoms with Crippen molar-refractivity contribution < 1.29 is 4.42 Å². The van der Waals surface area contributed by atoms with Crippen LogP contribution in [0.15, 0.2) is 174 Å². The summed E-state index contributed by atoms with van der Waals surface area (Å²) in [5, 5.41) is 12.7. The standard InChI is InChI=1S/C52H28O/c1-5-15-35-31(11-1)37-19-9-21-39-33-13-3-7-17-41(33)51(49(37)39)47(35)29-23-25-45-43(27-29)44-28-30(24-26-46(44)53-45)48-36-16-6-2-12-32(36)38-20-10-22-40-34-14-4-8-18-42(34)52(48)50(38)40/h1-28H. The Morgan fingerprint density at radius 2 is 0.623 bits per heavy atom. The largest absolute Gasteiger partial charge is 0.456 e. The van der Waals surface area contributed by atoms with Gasteiger partial charge in [-0.05, 0) is 134 Å². The molecule has 1 heteroatoms. The summed E-state index contributed by atoms with van der Waals surface area (Å²) in [6.45, 7) is 0. The maximum atomic E-state index is 6.60. The molecule has 13 rings (SSSR count). The minimum absolute atomic E-state index is 0.907. The van der Waals surface area contributed by atoms with Crippen LogP contribution >= 0.6 is 0 Å². The van der Waals surface area contributed by atoms with Gasteiger partial charge in [0.1, 0.15) is 11.2 Å². The first-order valence-corrected chi connectivity index (χ1v) is 18.4. The van der Waals surface area contributed by atoms with Crippen LogP contribution < -0.4 is 0 Å². The van der Waals surface area contributed by atoms with E-state index in [0.717, 1.165) is 21.9 Å². The van der Waals surface area contributed by atoms with Crippen LogP contribution in [-0.2, 0) is 0 Å². The second-order valence-electron chi connectivity index (χ2n) is 14.7. The van der Waals surface area contributed by atoms with Crippen molar-refractivity contribution in [2.75, 3.05) is 0 Å². The van der Waals surface area contributed by atoms with Crippen molar-refractivity contribution in [2.45, 2.75) is 0 Å². The minimum atomic E-state index is 0.907. The number of furan rings is 1. The highest BCUT2D eigenvalue weighted by Crippen LogP contribution is 2.56. The zero-order chi connectivity index (χ0) is 34.4. The molecule has 242 valence electrons. The van der Waals surface area contributed by atoms with E-state index in [9.17, 15) is 0 Å². The maximum absolute atomic E-state index is 6.60. The smallest absolute Gasteiger partial charge is 0.135 e. The molecule has 0 aliphatic heterocycles. The van der Waals surface area contributed by atoms with Crippen LogP contribution in [0.1, 0.15) is 0 Å². The van der Waals surface area contributed by atoms with Gasteiger partial charge in [-0.25, -0.2) is 0 Å². The van der Waals surface area contributed by atoms with Gasteiger partial charge in [-0.3, -0.25) is 0 Å². The van der Waals surface area contributed by atoms with Gasteiger partial charge in [0.15, 0.2) is 0 Å². The van der Waals surface area contributed by atoms with E-state index in [2.05, 4.69) is 170 Å². The average molecular weight is 669 g/mol. The molecule has 1 nitrogen and oxygen atoms in total. The lowest BCUT2D eigenvalue weighted by Gasteiger charge is -2.16. The molecule has 0 bridgehead atoms. The molecule has 0 saturated heterocycles. The molecule has 53 heavy (non-hydrogen) atoms. The molecule has 0 fully saturated rings. The van der Waals surface area contributed by atoms with Crippen LogP contribution in [0.4, 0.5) is 0 Å². The number of hydrogen-bond acceptors (Lipinski definition) is 1. The van der Waals surface area contributed by atoms with E-state index >= 15 is 0 Å². The van der Waals surface area contributed by atoms with Gasteiger partial charge in [0.25, 0.3) is 0 Å². The first-order chi connectivity index (χ1) is 26.3. The van der Waals surface area contributed by atoms with Crippen LogP contribution in [-0.4, -0.2) is 0 Å². The van der Waals surface area contributed by atoms with E-state index in [1.807, 2.05) is 0 Å². The van der Waals surface area contributed by atoms with Gasteiger partial charge in [-0.1, -0.05) is 146 Å². The Balaban J connectivity index is 1.11. The number of benzene rings is 10. The van der Waals surface area contributed by atoms with Gasteiger partial charge < -0.3 is 4.42 Å². The molecule has 0 unspecified atom stereocenters. The molecule has 11 aromatic rings. The van der Waals surface area contributed by atoms with Gasteiger partial charge in [0, 0.05) is 10.8 Å². The number of hydrogen-bond donors (Lipinski definition) is 0. The predicted molar refractivity (Wildman–Crippen MR) is 223 cm³/mol. The first kappa shape index (κ1) is 27.7. The van der Waals surface area contributed by atoms with E-state index in [1.165, 1.54) is 110 Å². The fourth-order valence-corrected chi connectivity index (χ4v) is 10.0. The Kier molecular flexibility index (Phi) is 5.17. The van der Waals surface area contributed by atoms with Crippen LogP contribution in [0.2, 0.25) is 0 Å². The van der Waals surface area contributed by atoms with E-state index < -0.39 is 0 Å². The highest BCUT2D eigenvalue weighted by atomic mass is 16.3. The zero-order valence-corrected chi connectivity index (χ0v) is 28.6. The van der Waals surface area contributed by atoms with Crippen LogP contribution in [0.25, 0.3) is 132 Å². The SMILES string of the molecule is c1ccc2c(c1)-c1cccc3c1c-2c(-c1ccc2oc4ccc(-c5c6c7c(cccc7c7ccccc57)-c5ccccc5-6)cc4c2c1)c1ccccc13. The summed E-state index contributed by atoms with van der Waals surface area (Å²) in [5.74, 6) is 0. The molecule has 1 aromatic heterocycles. The molecular formula is C52H28O. The first-order valence-electron chi connectivity index (χ1n) is 18.4. The van der Waals surface area contributed by atoms with E-state index in [1.54, 1.807) is 0 Å². The van der Waals surface area contributed by atoms with Crippen molar-refractivity contribution in [1.29, 1.82) is 0 Å². The van der Waals surface area contributed by atoms with Crippen LogP contribution in [0.5, 0.6) is 0 Å². The van der Waals surface area contributed by atoms with Crippen molar-refractivity contribution in [2.24, 2.45) is 0 Å². The summed E-state index contributed by atoms with van der Waals surface area (Å²) < 4.78 is 6.60. The van der Waals surface area contributed by atoms with Gasteiger partial charge in [0.05, 0.1) is 0 Å². The third kappa shape index (κ3) is 3.47. The summed E-state index contributed by atoms with van der Waals surface area (Å²) in [6, 6.07) is 62.8. The fourth-order valence-electron chi connectivity index (χ4n) is 10.0. The lowest BCUT2D eigenvalue weighted by Crippen LogP contribution is -1.89. The molecule has 2 aliphatic rings. The van der Waals surface area contributed by atoms with Crippen molar-refractivity contribution in [1.82, 2.24) is 0 Å². The second kappa shape index (κ2) is 9.88. The van der Waals surface area contributed by atoms with Crippen molar-refractivity contribution in [3.8, 4) is 66.8 Å². The molecule has 10 aromatic carbocycles. The minimum Gasteiger partial charge on any atom is -0.456 e. The predicted octanol–water partition coefficient (Wildman–Crippen LogP) is 14.8. The molecule has 0 spiro atoms. The lowest BCUT2D eigenvalue weighted by atomic mass is 9.86. The highest BCUT2D eigenvalue weighted by Gasteiger charge is 2.29. The summed E-state index contributed by atoms with van der Waals surface area (Å²) in [7, 11) is 0. The second-order valence-corrected chi connectivity index (χ2v) is 14.7. The summed E-state index contributed by atoms with van der Waals surface area (Å²) >= 11 is 0. The Hall–Kier alpha value is -6.96. The topological polar surface area (TPSA) is 13.1 Å². The number of rotatable bonds is 2. The molecule has 0 saturated carbocycles. The molecule has 0 radical (unpaired) electrons. The Bertz CT molecular complexity index is 3220. The fraction of sp³-hybridized carbons (Fsp3) is 0. The van der Waals surface area contributed by atoms with E-state index in [4.69, 9.17) is 4.42 Å². The Labute approximate surface area is 305 Å². The molecular weight excluding hydrogens is 641 g/mol. The van der Waals surface area contributed by atoms with Crippen LogP contribution in [0.3, 0.4) is 0 Å². The Morgan fingerprint density at radius 1 is 0.245 bits per heavy atom. The van der Waals surface area contributed by atoms with Crippen molar-refractivity contribution in [3.05, 3.63) is 170 Å². The van der Waals surface area contributed by atoms with Crippen molar-refractivity contribution in [3.63, 3.8) is 0 Å². The number of fused-ring (bicyclic) bond motifs is 13. The summed E-state index contributed by atoms with van der Waals surface area (Å²) in [6.07, 6.45) is 0. The molecule has 0 atom stereocenters. The van der Waals surface area contributed by atoms with Gasteiger partial charge in [-0.2, -0.15) is 0 Å². The average Bonchev–Trinajstić information content (AvgIpc) is 3.87. The summed E-state index contributed by atoms with van der Waals surface area (Å²) in [5.41, 5.74) is 17.3. The molecule has 1 heterocycles. The monoisotopic (exact) mass is 668 g/mol. The normalized spacial score (nSPS) is 12.5. The highest BCUT2D eigenvalue weighted by molar-refractivity contribution is 6.31. The van der Waals surface area contributed by atoms with Gasteiger partial charge in [0.2, 0.25) is 0 Å². The quantitative estimate of drug-likeness (QED) is 0.167. The summed E-state index contributed by atoms with van der Waals surface area (Å²) in [4.78, 5) is 0. The third-order valence-electron chi connectivity index (χ3n) is 12.1. The lowest BCUT2D eigenvalue weighted by molar-refractivity contribution is 0.669. The maximum Gasteiger partial charge on any atom is 0.135 e. The zero-order valence-electron chi connectivity index (χ0n) is 28.6. The third-order valence-corrected chi connectivity index (χ3v) is 12.1. The van der Waals surface area contributed by atoms with E-state index in [0.29, 0.717) is 0 Å². The van der Waals surface area contributed by atoms with E-state index in [-0.39, 0.29) is 0 Å². The molecule has 2 aliphatic carbocycles. The van der Waals surface area contributed by atoms with Crippen molar-refractivity contribution >= 4 is 65.0 Å². The molecule has 0 N–H and O–H groups in total. The Morgan fingerprint density at radius 3 is 1.09 bits per heavy atom.